The SMILES string of the molecule is Cn1cc(-c2[nH]c3nccc(N4CCN(C(=O)OC5CCC5)CC4)c3c2Cl)cn1. The smallest absolute Gasteiger partial charge is 0.410 e. The van der Waals surface area contributed by atoms with Crippen molar-refractivity contribution in [3.8, 4) is 11.3 Å². The normalized spacial score (nSPS) is 17.6. The van der Waals surface area contributed by atoms with E-state index in [1.54, 1.807) is 22.0 Å². The first-order valence-electron chi connectivity index (χ1n) is 9.96. The van der Waals surface area contributed by atoms with Crippen LogP contribution in [-0.4, -0.2) is 63.0 Å². The van der Waals surface area contributed by atoms with E-state index < -0.39 is 0 Å². The number of nitrogens with zero attached hydrogens (tertiary/aromatic N) is 5. The van der Waals surface area contributed by atoms with Gasteiger partial charge in [-0.3, -0.25) is 4.68 Å². The molecule has 1 amide bonds. The minimum Gasteiger partial charge on any atom is -0.446 e. The fraction of sp³-hybridized carbons (Fsp3) is 0.450. The molecule has 1 saturated heterocycles. The Balaban J connectivity index is 1.37. The first-order chi connectivity index (χ1) is 14.1. The van der Waals surface area contributed by atoms with Gasteiger partial charge in [0.25, 0.3) is 0 Å². The second kappa shape index (κ2) is 7.26. The maximum absolute atomic E-state index is 12.3. The monoisotopic (exact) mass is 414 g/mol. The Kier molecular flexibility index (Phi) is 4.58. The molecule has 1 aliphatic heterocycles. The lowest BCUT2D eigenvalue weighted by atomic mass is 9.96. The number of aromatic nitrogens is 4. The summed E-state index contributed by atoms with van der Waals surface area (Å²) in [5.74, 6) is 0. The third kappa shape index (κ3) is 3.31. The summed E-state index contributed by atoms with van der Waals surface area (Å²) in [7, 11) is 1.87. The van der Waals surface area contributed by atoms with E-state index in [2.05, 4.69) is 20.0 Å². The number of piperazine rings is 1. The van der Waals surface area contributed by atoms with E-state index in [0.717, 1.165) is 60.3 Å². The van der Waals surface area contributed by atoms with Gasteiger partial charge in [0.05, 0.1) is 28.0 Å². The highest BCUT2D eigenvalue weighted by Gasteiger charge is 2.28. The third-order valence-corrected chi connectivity index (χ3v) is 6.18. The zero-order chi connectivity index (χ0) is 20.0. The zero-order valence-electron chi connectivity index (χ0n) is 16.3. The summed E-state index contributed by atoms with van der Waals surface area (Å²) in [6.07, 6.45) is 8.55. The number of hydrogen-bond donors (Lipinski definition) is 1. The Morgan fingerprint density at radius 2 is 2.07 bits per heavy atom. The maximum atomic E-state index is 12.3. The summed E-state index contributed by atoms with van der Waals surface area (Å²) >= 11 is 6.76. The van der Waals surface area contributed by atoms with Gasteiger partial charge in [-0.15, -0.1) is 0 Å². The number of carbonyl (C=O) groups is 1. The van der Waals surface area contributed by atoms with Gasteiger partial charge in [0, 0.05) is 51.2 Å². The molecule has 2 aliphatic rings. The van der Waals surface area contributed by atoms with Crippen molar-refractivity contribution in [3.63, 3.8) is 0 Å². The molecular weight excluding hydrogens is 392 g/mol. The van der Waals surface area contributed by atoms with Crippen LogP contribution in [0.2, 0.25) is 5.02 Å². The quantitative estimate of drug-likeness (QED) is 0.710. The molecule has 8 nitrogen and oxygen atoms in total. The minimum atomic E-state index is -0.187. The van der Waals surface area contributed by atoms with Gasteiger partial charge in [-0.2, -0.15) is 5.10 Å². The Bertz CT molecular complexity index is 1050. The highest BCUT2D eigenvalue weighted by Crippen LogP contribution is 2.39. The molecule has 1 saturated carbocycles. The van der Waals surface area contributed by atoms with Crippen molar-refractivity contribution in [2.24, 2.45) is 7.05 Å². The van der Waals surface area contributed by atoms with Gasteiger partial charge in [0.15, 0.2) is 0 Å². The average Bonchev–Trinajstić information content (AvgIpc) is 3.28. The predicted octanol–water partition coefficient (Wildman–Crippen LogP) is 3.43. The molecule has 2 fully saturated rings. The summed E-state index contributed by atoms with van der Waals surface area (Å²) in [5, 5.41) is 5.77. The van der Waals surface area contributed by atoms with Crippen molar-refractivity contribution in [1.29, 1.82) is 0 Å². The van der Waals surface area contributed by atoms with Crippen molar-refractivity contribution in [2.75, 3.05) is 31.1 Å². The summed E-state index contributed by atoms with van der Waals surface area (Å²) in [6.45, 7) is 2.71. The number of amides is 1. The van der Waals surface area contributed by atoms with Gasteiger partial charge < -0.3 is 19.5 Å². The van der Waals surface area contributed by atoms with E-state index in [1.165, 1.54) is 0 Å². The van der Waals surface area contributed by atoms with E-state index in [4.69, 9.17) is 16.3 Å². The number of carbonyl (C=O) groups excluding carboxylic acids is 1. The molecule has 3 aromatic rings. The molecule has 0 unspecified atom stereocenters. The number of rotatable bonds is 3. The van der Waals surface area contributed by atoms with Gasteiger partial charge in [-0.05, 0) is 25.3 Å². The van der Waals surface area contributed by atoms with Crippen LogP contribution in [0.3, 0.4) is 0 Å². The van der Waals surface area contributed by atoms with Gasteiger partial charge in [0.1, 0.15) is 11.8 Å². The number of pyridine rings is 1. The Morgan fingerprint density at radius 1 is 1.28 bits per heavy atom. The van der Waals surface area contributed by atoms with Crippen molar-refractivity contribution in [3.05, 3.63) is 29.7 Å². The fourth-order valence-corrected chi connectivity index (χ4v) is 4.25. The van der Waals surface area contributed by atoms with Crippen LogP contribution in [0.5, 0.6) is 0 Å². The van der Waals surface area contributed by atoms with Crippen molar-refractivity contribution < 1.29 is 9.53 Å². The first kappa shape index (κ1) is 18.3. The predicted molar refractivity (Wildman–Crippen MR) is 111 cm³/mol. The Labute approximate surface area is 173 Å². The topological polar surface area (TPSA) is 79.3 Å². The molecule has 9 heteroatoms. The molecule has 0 atom stereocenters. The highest BCUT2D eigenvalue weighted by atomic mass is 35.5. The van der Waals surface area contributed by atoms with Crippen LogP contribution < -0.4 is 4.90 Å². The van der Waals surface area contributed by atoms with E-state index in [-0.39, 0.29) is 12.2 Å². The van der Waals surface area contributed by atoms with E-state index in [9.17, 15) is 4.79 Å². The van der Waals surface area contributed by atoms with Gasteiger partial charge >= 0.3 is 6.09 Å². The molecule has 152 valence electrons. The van der Waals surface area contributed by atoms with Gasteiger partial charge in [0.2, 0.25) is 0 Å². The fourth-order valence-electron chi connectivity index (χ4n) is 3.91. The molecule has 0 spiro atoms. The number of nitrogens with one attached hydrogen (secondary N) is 1. The molecule has 0 bridgehead atoms. The molecule has 4 heterocycles. The van der Waals surface area contributed by atoms with Crippen molar-refractivity contribution >= 4 is 34.4 Å². The molecule has 0 aromatic carbocycles. The lowest BCUT2D eigenvalue weighted by molar-refractivity contribution is 0.0260. The number of H-pyrrole nitrogens is 1. The third-order valence-electron chi connectivity index (χ3n) is 5.80. The Hall–Kier alpha value is -2.74. The number of halogens is 1. The second-order valence-electron chi connectivity index (χ2n) is 7.68. The standard InChI is InChI=1S/C20H23ClN6O2/c1-25-12-13(11-23-25)18-17(21)16-15(5-6-22-19(16)24-18)26-7-9-27(10-8-26)20(28)29-14-3-2-4-14/h5-6,11-12,14H,2-4,7-10H2,1H3,(H,22,24). The molecular formula is C20H23ClN6O2. The molecule has 0 radical (unpaired) electrons. The van der Waals surface area contributed by atoms with Crippen LogP contribution in [0.25, 0.3) is 22.3 Å². The molecule has 29 heavy (non-hydrogen) atoms. The summed E-state index contributed by atoms with van der Waals surface area (Å²) in [4.78, 5) is 24.2. The largest absolute Gasteiger partial charge is 0.446 e. The number of ether oxygens (including phenoxy) is 1. The summed E-state index contributed by atoms with van der Waals surface area (Å²) in [5.41, 5.74) is 3.51. The van der Waals surface area contributed by atoms with Crippen molar-refractivity contribution in [2.45, 2.75) is 25.4 Å². The minimum absolute atomic E-state index is 0.116. The number of hydrogen-bond acceptors (Lipinski definition) is 5. The zero-order valence-corrected chi connectivity index (χ0v) is 17.0. The number of aromatic amines is 1. The number of anilines is 1. The van der Waals surface area contributed by atoms with Crippen LogP contribution >= 0.6 is 11.6 Å². The van der Waals surface area contributed by atoms with Crippen LogP contribution in [0, 0.1) is 0 Å². The molecule has 1 N–H and O–H groups in total. The Morgan fingerprint density at radius 3 is 2.72 bits per heavy atom. The van der Waals surface area contributed by atoms with Crippen LogP contribution in [0.1, 0.15) is 19.3 Å². The first-order valence-corrected chi connectivity index (χ1v) is 10.3. The lowest BCUT2D eigenvalue weighted by Crippen LogP contribution is -2.50. The van der Waals surface area contributed by atoms with Crippen LogP contribution in [0.4, 0.5) is 10.5 Å². The molecule has 3 aromatic heterocycles. The van der Waals surface area contributed by atoms with E-state index in [0.29, 0.717) is 18.1 Å². The lowest BCUT2D eigenvalue weighted by Gasteiger charge is -2.37. The number of aryl methyl sites for hydroxylation is 1. The highest BCUT2D eigenvalue weighted by molar-refractivity contribution is 6.39. The van der Waals surface area contributed by atoms with E-state index >= 15 is 0 Å². The average molecular weight is 415 g/mol. The van der Waals surface area contributed by atoms with Gasteiger partial charge in [-0.25, -0.2) is 9.78 Å². The van der Waals surface area contributed by atoms with Crippen molar-refractivity contribution in [1.82, 2.24) is 24.6 Å². The maximum Gasteiger partial charge on any atom is 0.410 e. The molecule has 5 rings (SSSR count). The van der Waals surface area contributed by atoms with Gasteiger partial charge in [-0.1, -0.05) is 11.6 Å². The van der Waals surface area contributed by atoms with E-state index in [1.807, 2.05) is 19.3 Å². The second-order valence-corrected chi connectivity index (χ2v) is 8.06. The summed E-state index contributed by atoms with van der Waals surface area (Å²) < 4.78 is 7.28. The summed E-state index contributed by atoms with van der Waals surface area (Å²) in [6, 6.07) is 1.98. The van der Waals surface area contributed by atoms with Crippen LogP contribution in [0.15, 0.2) is 24.7 Å². The molecule has 1 aliphatic carbocycles. The number of fused-ring (bicyclic) bond motifs is 1. The van der Waals surface area contributed by atoms with Crippen LogP contribution in [-0.2, 0) is 11.8 Å².